The van der Waals surface area contributed by atoms with E-state index in [1.807, 2.05) is 13.0 Å². The van der Waals surface area contributed by atoms with Crippen molar-refractivity contribution in [1.29, 1.82) is 0 Å². The molecule has 0 saturated carbocycles. The van der Waals surface area contributed by atoms with Crippen molar-refractivity contribution in [2.24, 2.45) is 0 Å². The number of nitrogens with one attached hydrogen (secondary N) is 1. The van der Waals surface area contributed by atoms with Crippen LogP contribution < -0.4 is 9.62 Å². The first kappa shape index (κ1) is 17.7. The van der Waals surface area contributed by atoms with Crippen molar-refractivity contribution in [2.45, 2.75) is 18.7 Å². The molecule has 2 aromatic rings. The highest BCUT2D eigenvalue weighted by Gasteiger charge is 2.17. The lowest BCUT2D eigenvalue weighted by Crippen LogP contribution is -2.46. The van der Waals surface area contributed by atoms with Gasteiger partial charge in [-0.3, -0.25) is 4.72 Å². The van der Waals surface area contributed by atoms with Crippen LogP contribution in [0.5, 0.6) is 0 Å². The van der Waals surface area contributed by atoms with Gasteiger partial charge in [-0.2, -0.15) is 0 Å². The Balaban J connectivity index is 1.67. The molecule has 2 heterocycles. The van der Waals surface area contributed by atoms with Gasteiger partial charge in [-0.05, 0) is 37.7 Å². The van der Waals surface area contributed by atoms with Crippen molar-refractivity contribution in [2.75, 3.05) is 42.3 Å². The molecule has 1 fully saturated rings. The lowest BCUT2D eigenvalue weighted by atomic mass is 10.2. The molecule has 0 atom stereocenters. The Bertz CT molecular complexity index is 796. The molecule has 1 aliphatic rings. The normalized spacial score (nSPS) is 16.0. The van der Waals surface area contributed by atoms with E-state index in [0.29, 0.717) is 5.82 Å². The van der Waals surface area contributed by atoms with E-state index in [9.17, 15) is 8.42 Å². The van der Waals surface area contributed by atoms with Crippen molar-refractivity contribution in [3.05, 3.63) is 48.2 Å². The van der Waals surface area contributed by atoms with Crippen LogP contribution >= 0.6 is 0 Å². The van der Waals surface area contributed by atoms with Crippen LogP contribution in [-0.4, -0.2) is 51.0 Å². The second-order valence-electron chi connectivity index (χ2n) is 6.24. The van der Waals surface area contributed by atoms with E-state index in [4.69, 9.17) is 0 Å². The number of benzene rings is 1. The topological polar surface area (TPSA) is 65.5 Å². The molecule has 0 radical (unpaired) electrons. The monoisotopic (exact) mass is 360 g/mol. The number of nitrogens with zero attached hydrogens (tertiary/aromatic N) is 3. The maximum absolute atomic E-state index is 12.4. The highest BCUT2D eigenvalue weighted by Crippen LogP contribution is 2.19. The zero-order valence-electron chi connectivity index (χ0n) is 14.6. The third-order valence-corrected chi connectivity index (χ3v) is 5.87. The summed E-state index contributed by atoms with van der Waals surface area (Å²) in [5.41, 5.74) is 2.04. The fraction of sp³-hybridized carbons (Fsp3) is 0.389. The van der Waals surface area contributed by atoms with Crippen molar-refractivity contribution in [3.8, 4) is 0 Å². The van der Waals surface area contributed by atoms with Crippen LogP contribution in [-0.2, 0) is 10.0 Å². The van der Waals surface area contributed by atoms with Gasteiger partial charge in [0.2, 0.25) is 0 Å². The molecule has 1 saturated heterocycles. The van der Waals surface area contributed by atoms with Gasteiger partial charge in [0, 0.05) is 26.2 Å². The molecule has 0 unspecified atom stereocenters. The van der Waals surface area contributed by atoms with Crippen LogP contribution in [0.3, 0.4) is 0 Å². The molecule has 6 nitrogen and oxygen atoms in total. The van der Waals surface area contributed by atoms with Gasteiger partial charge >= 0.3 is 0 Å². The first-order chi connectivity index (χ1) is 12.0. The molecule has 0 aliphatic carbocycles. The minimum atomic E-state index is -3.61. The fourth-order valence-corrected chi connectivity index (χ4v) is 3.88. The Morgan fingerprint density at radius 1 is 1.04 bits per heavy atom. The van der Waals surface area contributed by atoms with Crippen LogP contribution in [0.1, 0.15) is 12.5 Å². The summed E-state index contributed by atoms with van der Waals surface area (Å²) in [4.78, 5) is 9.20. The zero-order valence-corrected chi connectivity index (χ0v) is 15.5. The van der Waals surface area contributed by atoms with Gasteiger partial charge in [0.1, 0.15) is 5.82 Å². The number of hydrogen-bond acceptors (Lipinski definition) is 5. The predicted octanol–water partition coefficient (Wildman–Crippen LogP) is 2.33. The maximum Gasteiger partial charge on any atom is 0.263 e. The number of piperazine rings is 1. The van der Waals surface area contributed by atoms with Crippen molar-refractivity contribution >= 4 is 21.5 Å². The third kappa shape index (κ3) is 4.29. The molecule has 3 rings (SSSR count). The van der Waals surface area contributed by atoms with Crippen LogP contribution in [0.25, 0.3) is 0 Å². The smallest absolute Gasteiger partial charge is 0.263 e. The van der Waals surface area contributed by atoms with E-state index in [1.54, 1.807) is 36.5 Å². The highest BCUT2D eigenvalue weighted by atomic mass is 32.2. The van der Waals surface area contributed by atoms with E-state index in [0.717, 1.165) is 44.0 Å². The number of aromatic nitrogens is 1. The Kier molecular flexibility index (Phi) is 5.24. The summed E-state index contributed by atoms with van der Waals surface area (Å²) < 4.78 is 27.3. The number of sulfonamides is 1. The summed E-state index contributed by atoms with van der Waals surface area (Å²) in [7, 11) is -3.61. The Hall–Kier alpha value is -2.12. The predicted molar refractivity (Wildman–Crippen MR) is 101 cm³/mol. The molecular weight excluding hydrogens is 336 g/mol. The lowest BCUT2D eigenvalue weighted by Gasteiger charge is -2.35. The minimum Gasteiger partial charge on any atom is -0.368 e. The van der Waals surface area contributed by atoms with E-state index in [2.05, 4.69) is 26.4 Å². The average Bonchev–Trinajstić information content (AvgIpc) is 2.62. The van der Waals surface area contributed by atoms with Crippen LogP contribution in [0.15, 0.2) is 47.5 Å². The molecule has 1 N–H and O–H groups in total. The zero-order chi connectivity index (χ0) is 17.9. The number of hydrogen-bond donors (Lipinski definition) is 1. The minimum absolute atomic E-state index is 0.236. The van der Waals surface area contributed by atoms with Gasteiger partial charge in [-0.25, -0.2) is 13.4 Å². The molecular formula is C18H24N4O2S. The molecule has 0 amide bonds. The summed E-state index contributed by atoms with van der Waals surface area (Å²) in [6.07, 6.45) is 1.73. The van der Waals surface area contributed by atoms with Gasteiger partial charge in [-0.15, -0.1) is 0 Å². The molecule has 134 valence electrons. The number of aryl methyl sites for hydroxylation is 1. The molecule has 0 spiro atoms. The number of pyridine rings is 1. The van der Waals surface area contributed by atoms with Crippen LogP contribution in [0.4, 0.5) is 11.5 Å². The Morgan fingerprint density at radius 2 is 1.72 bits per heavy atom. The van der Waals surface area contributed by atoms with E-state index >= 15 is 0 Å². The second kappa shape index (κ2) is 7.41. The van der Waals surface area contributed by atoms with Crippen LogP contribution in [0, 0.1) is 6.92 Å². The quantitative estimate of drug-likeness (QED) is 0.886. The van der Waals surface area contributed by atoms with E-state index in [-0.39, 0.29) is 4.90 Å². The van der Waals surface area contributed by atoms with Crippen LogP contribution in [0.2, 0.25) is 0 Å². The Morgan fingerprint density at radius 3 is 2.28 bits per heavy atom. The SMILES string of the molecule is CCN1CCN(c2ccc(NS(=O)(=O)c3ccc(C)cc3)nc2)CC1. The highest BCUT2D eigenvalue weighted by molar-refractivity contribution is 7.92. The first-order valence-corrected chi connectivity index (χ1v) is 9.99. The number of anilines is 2. The second-order valence-corrected chi connectivity index (χ2v) is 7.92. The standard InChI is InChI=1S/C18H24N4O2S/c1-3-21-10-12-22(13-11-21)16-6-9-18(19-14-16)20-25(23,24)17-7-4-15(2)5-8-17/h4-9,14H,3,10-13H2,1-2H3,(H,19,20). The molecule has 1 aliphatic heterocycles. The summed E-state index contributed by atoms with van der Waals surface area (Å²) >= 11 is 0. The number of likely N-dealkylation sites (N-methyl/N-ethyl adjacent to an activating group) is 1. The fourth-order valence-electron chi connectivity index (χ4n) is 2.87. The maximum atomic E-state index is 12.4. The number of rotatable bonds is 5. The molecule has 1 aromatic carbocycles. The van der Waals surface area contributed by atoms with Gasteiger partial charge in [0.25, 0.3) is 10.0 Å². The van der Waals surface area contributed by atoms with Gasteiger partial charge < -0.3 is 9.80 Å². The van der Waals surface area contributed by atoms with Gasteiger partial charge in [0.05, 0.1) is 16.8 Å². The molecule has 7 heteroatoms. The summed E-state index contributed by atoms with van der Waals surface area (Å²) in [6, 6.07) is 10.4. The molecule has 0 bridgehead atoms. The average molecular weight is 360 g/mol. The third-order valence-electron chi connectivity index (χ3n) is 4.50. The van der Waals surface area contributed by atoms with Gasteiger partial charge in [0.15, 0.2) is 0 Å². The van der Waals surface area contributed by atoms with Crippen molar-refractivity contribution in [1.82, 2.24) is 9.88 Å². The summed E-state index contributed by atoms with van der Waals surface area (Å²) in [6.45, 7) is 9.17. The van der Waals surface area contributed by atoms with Crippen molar-refractivity contribution < 1.29 is 8.42 Å². The van der Waals surface area contributed by atoms with Gasteiger partial charge in [-0.1, -0.05) is 24.6 Å². The van der Waals surface area contributed by atoms with E-state index < -0.39 is 10.0 Å². The molecule has 1 aromatic heterocycles. The largest absolute Gasteiger partial charge is 0.368 e. The van der Waals surface area contributed by atoms with E-state index in [1.165, 1.54) is 0 Å². The Labute approximate surface area is 149 Å². The molecule has 25 heavy (non-hydrogen) atoms. The van der Waals surface area contributed by atoms with Crippen molar-refractivity contribution in [3.63, 3.8) is 0 Å². The summed E-state index contributed by atoms with van der Waals surface area (Å²) in [5.74, 6) is 0.330. The summed E-state index contributed by atoms with van der Waals surface area (Å²) in [5, 5.41) is 0. The lowest BCUT2D eigenvalue weighted by molar-refractivity contribution is 0.271. The first-order valence-electron chi connectivity index (χ1n) is 8.51.